The van der Waals surface area contributed by atoms with Crippen molar-refractivity contribution >= 4 is 38.8 Å². The van der Waals surface area contributed by atoms with Crippen molar-refractivity contribution in [2.45, 2.75) is 12.8 Å². The van der Waals surface area contributed by atoms with E-state index in [0.717, 1.165) is 12.8 Å². The molecule has 1 aliphatic carbocycles. The quantitative estimate of drug-likeness (QED) is 0.235. The molecule has 0 atom stereocenters. The summed E-state index contributed by atoms with van der Waals surface area (Å²) in [5.74, 6) is 0. The Balaban J connectivity index is 1.35. The van der Waals surface area contributed by atoms with Gasteiger partial charge in [-0.3, -0.25) is 0 Å². The minimum atomic E-state index is 1.07. The topological polar surface area (TPSA) is 9.86 Å². The first-order valence-electron chi connectivity index (χ1n) is 13.4. The van der Waals surface area contributed by atoms with Crippen LogP contribution in [0.15, 0.2) is 127 Å². The van der Waals surface area contributed by atoms with Gasteiger partial charge in [0.2, 0.25) is 0 Å². The fraction of sp³-hybridized carbons (Fsp3) is 0.0556. The molecule has 2 heterocycles. The summed E-state index contributed by atoms with van der Waals surface area (Å²) in [5, 5.41) is 3.89. The number of benzene rings is 5. The van der Waals surface area contributed by atoms with Crippen LogP contribution in [0.4, 0.5) is 0 Å². The molecule has 0 spiro atoms. The van der Waals surface area contributed by atoms with Crippen molar-refractivity contribution < 1.29 is 0 Å². The molecule has 2 nitrogen and oxygen atoms in total. The number of nitrogens with zero attached hydrogens (tertiary/aromatic N) is 2. The fourth-order valence-corrected chi connectivity index (χ4v) is 6.28. The van der Waals surface area contributed by atoms with Gasteiger partial charge in [-0.15, -0.1) is 0 Å². The van der Waals surface area contributed by atoms with Crippen molar-refractivity contribution in [3.05, 3.63) is 139 Å². The number of hydrogen-bond acceptors (Lipinski definition) is 0. The summed E-state index contributed by atoms with van der Waals surface area (Å²) in [5.41, 5.74) is 11.4. The van der Waals surface area contributed by atoms with Gasteiger partial charge in [0.1, 0.15) is 0 Å². The Morgan fingerprint density at radius 3 is 1.79 bits per heavy atom. The molecule has 0 amide bonds. The van der Waals surface area contributed by atoms with E-state index in [1.54, 1.807) is 0 Å². The Hall–Kier alpha value is -4.82. The zero-order chi connectivity index (χ0) is 25.1. The van der Waals surface area contributed by atoms with Crippen LogP contribution in [-0.2, 0) is 6.42 Å². The largest absolute Gasteiger partial charge is 0.313 e. The van der Waals surface area contributed by atoms with Crippen LogP contribution in [0.3, 0.4) is 0 Å². The summed E-state index contributed by atoms with van der Waals surface area (Å²) >= 11 is 0. The second kappa shape index (κ2) is 8.36. The third-order valence-electron chi connectivity index (χ3n) is 7.98. The van der Waals surface area contributed by atoms with Crippen LogP contribution < -0.4 is 0 Å². The molecular formula is C36H26N2. The normalized spacial score (nSPS) is 12.9. The molecule has 0 aliphatic heterocycles. The highest BCUT2D eigenvalue weighted by atomic mass is 15.0. The first-order chi connectivity index (χ1) is 18.9. The van der Waals surface area contributed by atoms with Gasteiger partial charge in [-0.2, -0.15) is 0 Å². The lowest BCUT2D eigenvalue weighted by Crippen LogP contribution is -2.02. The molecule has 2 heteroatoms. The lowest BCUT2D eigenvalue weighted by atomic mass is 9.98. The Kier molecular flexibility index (Phi) is 4.68. The molecule has 7 aromatic rings. The SMILES string of the molecule is C1=Cc2c(n(-c3ccccc3)c3ccc(-c4ccc5c(c4)c4ccccc4n5-c4ccccc4)cc23)CC1. The summed E-state index contributed by atoms with van der Waals surface area (Å²) in [4.78, 5) is 0. The van der Waals surface area contributed by atoms with E-state index in [2.05, 4.69) is 143 Å². The summed E-state index contributed by atoms with van der Waals surface area (Å²) in [6, 6.07) is 44.1. The van der Waals surface area contributed by atoms with Crippen LogP contribution in [0.5, 0.6) is 0 Å². The van der Waals surface area contributed by atoms with Crippen molar-refractivity contribution in [3.63, 3.8) is 0 Å². The zero-order valence-electron chi connectivity index (χ0n) is 21.0. The Labute approximate surface area is 221 Å². The van der Waals surface area contributed by atoms with E-state index >= 15 is 0 Å². The zero-order valence-corrected chi connectivity index (χ0v) is 21.0. The lowest BCUT2D eigenvalue weighted by molar-refractivity contribution is 0.888. The van der Waals surface area contributed by atoms with E-state index < -0.39 is 0 Å². The molecule has 180 valence electrons. The maximum Gasteiger partial charge on any atom is 0.0541 e. The standard InChI is InChI=1S/C36H26N2/c1-3-11-27(12-4-1)37-33-17-9-7-15-29(33)31-23-25(19-21-35(31)37)26-20-22-36-32(24-26)30-16-8-10-18-34(30)38(36)28-13-5-2-6-14-28/h1-9,11-17,19-24H,10,18H2. The lowest BCUT2D eigenvalue weighted by Gasteiger charge is -2.13. The van der Waals surface area contributed by atoms with E-state index in [9.17, 15) is 0 Å². The van der Waals surface area contributed by atoms with Crippen LogP contribution in [0.1, 0.15) is 17.7 Å². The molecule has 2 aromatic heterocycles. The summed E-state index contributed by atoms with van der Waals surface area (Å²) < 4.78 is 4.83. The minimum Gasteiger partial charge on any atom is -0.313 e. The van der Waals surface area contributed by atoms with E-state index in [-0.39, 0.29) is 0 Å². The average molecular weight is 487 g/mol. The monoisotopic (exact) mass is 486 g/mol. The van der Waals surface area contributed by atoms with Gasteiger partial charge in [0.15, 0.2) is 0 Å². The molecule has 0 saturated carbocycles. The van der Waals surface area contributed by atoms with Crippen LogP contribution in [0.25, 0.3) is 61.3 Å². The number of fused-ring (bicyclic) bond motifs is 6. The molecule has 38 heavy (non-hydrogen) atoms. The summed E-state index contributed by atoms with van der Waals surface area (Å²) in [6.45, 7) is 0. The van der Waals surface area contributed by atoms with E-state index in [0.29, 0.717) is 0 Å². The van der Waals surface area contributed by atoms with Gasteiger partial charge in [0.25, 0.3) is 0 Å². The number of para-hydroxylation sites is 3. The maximum atomic E-state index is 2.45. The fourth-order valence-electron chi connectivity index (χ4n) is 6.28. The Bertz CT molecular complexity index is 2000. The van der Waals surface area contributed by atoms with Crippen LogP contribution >= 0.6 is 0 Å². The summed E-state index contributed by atoms with van der Waals surface area (Å²) in [6.07, 6.45) is 6.79. The maximum absolute atomic E-state index is 2.45. The van der Waals surface area contributed by atoms with E-state index in [4.69, 9.17) is 0 Å². The predicted molar refractivity (Wildman–Crippen MR) is 160 cm³/mol. The highest BCUT2D eigenvalue weighted by molar-refractivity contribution is 6.10. The smallest absolute Gasteiger partial charge is 0.0541 e. The van der Waals surface area contributed by atoms with Crippen molar-refractivity contribution in [3.8, 4) is 22.5 Å². The van der Waals surface area contributed by atoms with Crippen molar-refractivity contribution in [2.24, 2.45) is 0 Å². The third kappa shape index (κ3) is 3.13. The van der Waals surface area contributed by atoms with Crippen molar-refractivity contribution in [2.75, 3.05) is 0 Å². The molecule has 0 unspecified atom stereocenters. The van der Waals surface area contributed by atoms with Crippen LogP contribution in [-0.4, -0.2) is 9.13 Å². The van der Waals surface area contributed by atoms with Crippen molar-refractivity contribution in [1.82, 2.24) is 9.13 Å². The van der Waals surface area contributed by atoms with Crippen LogP contribution in [0.2, 0.25) is 0 Å². The molecule has 8 rings (SSSR count). The predicted octanol–water partition coefficient (Wildman–Crippen LogP) is 9.35. The Morgan fingerprint density at radius 2 is 1.05 bits per heavy atom. The second-order valence-electron chi connectivity index (χ2n) is 10.1. The van der Waals surface area contributed by atoms with Gasteiger partial charge in [0.05, 0.1) is 16.6 Å². The first-order valence-corrected chi connectivity index (χ1v) is 13.4. The average Bonchev–Trinajstić information content (AvgIpc) is 3.50. The van der Waals surface area contributed by atoms with E-state index in [1.165, 1.54) is 66.5 Å². The minimum absolute atomic E-state index is 1.07. The van der Waals surface area contributed by atoms with Gasteiger partial charge >= 0.3 is 0 Å². The van der Waals surface area contributed by atoms with Crippen LogP contribution in [0, 0.1) is 0 Å². The van der Waals surface area contributed by atoms with Gasteiger partial charge < -0.3 is 9.13 Å². The van der Waals surface area contributed by atoms with E-state index in [1.807, 2.05) is 0 Å². The molecule has 1 aliphatic rings. The van der Waals surface area contributed by atoms with Gasteiger partial charge in [-0.1, -0.05) is 78.9 Å². The Morgan fingerprint density at radius 1 is 0.474 bits per heavy atom. The summed E-state index contributed by atoms with van der Waals surface area (Å²) in [7, 11) is 0. The molecule has 0 N–H and O–H groups in total. The molecular weight excluding hydrogens is 460 g/mol. The van der Waals surface area contributed by atoms with Crippen molar-refractivity contribution in [1.29, 1.82) is 0 Å². The second-order valence-corrected chi connectivity index (χ2v) is 10.1. The number of rotatable bonds is 3. The number of aromatic nitrogens is 2. The molecule has 5 aromatic carbocycles. The molecule has 0 fully saturated rings. The third-order valence-corrected chi connectivity index (χ3v) is 7.98. The van der Waals surface area contributed by atoms with Gasteiger partial charge in [-0.25, -0.2) is 0 Å². The number of allylic oxidation sites excluding steroid dienone is 1. The van der Waals surface area contributed by atoms with Gasteiger partial charge in [-0.05, 0) is 78.6 Å². The molecule has 0 radical (unpaired) electrons. The molecule has 0 bridgehead atoms. The number of hydrogen-bond donors (Lipinski definition) is 0. The first kappa shape index (κ1) is 21.3. The highest BCUT2D eigenvalue weighted by Gasteiger charge is 2.19. The highest BCUT2D eigenvalue weighted by Crippen LogP contribution is 2.38. The molecule has 0 saturated heterocycles. The van der Waals surface area contributed by atoms with Gasteiger partial charge in [0, 0.05) is 38.8 Å².